The monoisotopic (exact) mass is 519 g/mol. The highest BCUT2D eigenvalue weighted by Gasteiger charge is 2.25. The van der Waals surface area contributed by atoms with Crippen molar-refractivity contribution in [2.75, 3.05) is 40.5 Å². The van der Waals surface area contributed by atoms with Crippen molar-refractivity contribution in [2.45, 2.75) is 32.3 Å². The number of carbonyl (C=O) groups is 2. The zero-order valence-corrected chi connectivity index (χ0v) is 20.9. The highest BCUT2D eigenvalue weighted by molar-refractivity contribution is 9.10. The number of carbonyl (C=O) groups excluding carboxylic acids is 2. The van der Waals surface area contributed by atoms with Gasteiger partial charge in [-0.3, -0.25) is 4.79 Å². The summed E-state index contributed by atoms with van der Waals surface area (Å²) >= 11 is 3.46. The second-order valence-electron chi connectivity index (χ2n) is 7.98. The molecule has 33 heavy (non-hydrogen) atoms. The molecular formula is C25H30BrNO6. The Morgan fingerprint density at radius 3 is 2.48 bits per heavy atom. The van der Waals surface area contributed by atoms with E-state index in [1.165, 1.54) is 0 Å². The van der Waals surface area contributed by atoms with E-state index < -0.39 is 0 Å². The van der Waals surface area contributed by atoms with Crippen molar-refractivity contribution in [3.8, 4) is 17.2 Å². The predicted molar refractivity (Wildman–Crippen MR) is 128 cm³/mol. The maximum Gasteiger partial charge on any atom is 0.227 e. The lowest BCUT2D eigenvalue weighted by Crippen LogP contribution is -2.48. The molecule has 0 saturated carbocycles. The number of halogens is 1. The minimum absolute atomic E-state index is 0.0489. The Labute approximate surface area is 203 Å². The molecule has 1 aliphatic heterocycles. The van der Waals surface area contributed by atoms with Gasteiger partial charge in [0.05, 0.1) is 38.3 Å². The third kappa shape index (κ3) is 7.20. The fourth-order valence-corrected chi connectivity index (χ4v) is 4.23. The van der Waals surface area contributed by atoms with Crippen molar-refractivity contribution >= 4 is 27.6 Å². The smallest absolute Gasteiger partial charge is 0.227 e. The van der Waals surface area contributed by atoms with Gasteiger partial charge in [0.15, 0.2) is 11.5 Å². The maximum atomic E-state index is 12.8. The van der Waals surface area contributed by atoms with Crippen LogP contribution in [0.15, 0.2) is 40.9 Å². The molecule has 1 saturated heterocycles. The number of amides is 1. The molecule has 0 radical (unpaired) electrons. The molecule has 1 unspecified atom stereocenters. The van der Waals surface area contributed by atoms with Crippen LogP contribution in [0.1, 0.15) is 24.5 Å². The summed E-state index contributed by atoms with van der Waals surface area (Å²) in [6.45, 7) is 3.38. The van der Waals surface area contributed by atoms with Crippen LogP contribution in [0.2, 0.25) is 0 Å². The van der Waals surface area contributed by atoms with Gasteiger partial charge in [0.1, 0.15) is 24.2 Å². The van der Waals surface area contributed by atoms with E-state index in [4.69, 9.17) is 18.9 Å². The lowest BCUT2D eigenvalue weighted by atomic mass is 10.1. The van der Waals surface area contributed by atoms with Crippen molar-refractivity contribution < 1.29 is 28.5 Å². The number of nitrogens with zero attached hydrogens (tertiary/aromatic N) is 1. The van der Waals surface area contributed by atoms with Crippen molar-refractivity contribution in [1.82, 2.24) is 4.90 Å². The molecule has 0 N–H and O–H groups in total. The number of hydrogen-bond donors (Lipinski definition) is 0. The molecule has 2 aromatic carbocycles. The third-order valence-corrected chi connectivity index (χ3v) is 6.10. The molecular weight excluding hydrogens is 490 g/mol. The zero-order valence-electron chi connectivity index (χ0n) is 19.3. The Morgan fingerprint density at radius 1 is 1.06 bits per heavy atom. The Balaban J connectivity index is 1.54. The SMILES string of the molecule is COc1ccc(CC(=O)N2CCOC(COc3ccc(CCC(C)=O)cc3OC)C2)cc1Br. The topological polar surface area (TPSA) is 74.3 Å². The van der Waals surface area contributed by atoms with Crippen molar-refractivity contribution in [3.05, 3.63) is 52.0 Å². The quantitative estimate of drug-likeness (QED) is 0.474. The number of ketones is 1. The fraction of sp³-hybridized carbons (Fsp3) is 0.440. The molecule has 7 nitrogen and oxygen atoms in total. The van der Waals surface area contributed by atoms with E-state index in [0.717, 1.165) is 21.3 Å². The normalized spacial score (nSPS) is 15.8. The highest BCUT2D eigenvalue weighted by atomic mass is 79.9. The summed E-state index contributed by atoms with van der Waals surface area (Å²) in [4.78, 5) is 25.9. The summed E-state index contributed by atoms with van der Waals surface area (Å²) in [6, 6.07) is 11.3. The van der Waals surface area contributed by atoms with Crippen molar-refractivity contribution in [2.24, 2.45) is 0 Å². The van der Waals surface area contributed by atoms with E-state index in [0.29, 0.717) is 57.1 Å². The van der Waals surface area contributed by atoms with E-state index in [-0.39, 0.29) is 17.8 Å². The van der Waals surface area contributed by atoms with Gasteiger partial charge in [0.25, 0.3) is 0 Å². The number of methoxy groups -OCH3 is 2. The molecule has 1 fully saturated rings. The largest absolute Gasteiger partial charge is 0.496 e. The van der Waals surface area contributed by atoms with E-state index >= 15 is 0 Å². The lowest BCUT2D eigenvalue weighted by molar-refractivity contribution is -0.139. The number of rotatable bonds is 10. The fourth-order valence-electron chi connectivity index (χ4n) is 3.64. The van der Waals surface area contributed by atoms with Gasteiger partial charge in [0.2, 0.25) is 5.91 Å². The van der Waals surface area contributed by atoms with Crippen LogP contribution in [0.3, 0.4) is 0 Å². The Morgan fingerprint density at radius 2 is 1.79 bits per heavy atom. The highest BCUT2D eigenvalue weighted by Crippen LogP contribution is 2.29. The third-order valence-electron chi connectivity index (χ3n) is 5.48. The Bertz CT molecular complexity index is 979. The van der Waals surface area contributed by atoms with Gasteiger partial charge in [-0.2, -0.15) is 0 Å². The Kier molecular flexibility index (Phi) is 9.14. The van der Waals surface area contributed by atoms with Crippen LogP contribution in [-0.4, -0.2) is 63.2 Å². The van der Waals surface area contributed by atoms with E-state index in [9.17, 15) is 9.59 Å². The van der Waals surface area contributed by atoms with Crippen LogP contribution in [0.5, 0.6) is 17.2 Å². The number of benzene rings is 2. The number of hydrogen-bond acceptors (Lipinski definition) is 6. The molecule has 3 rings (SSSR count). The maximum absolute atomic E-state index is 12.8. The van der Waals surface area contributed by atoms with E-state index in [1.807, 2.05) is 41.3 Å². The van der Waals surface area contributed by atoms with Crippen molar-refractivity contribution in [1.29, 1.82) is 0 Å². The van der Waals surface area contributed by atoms with Gasteiger partial charge in [-0.1, -0.05) is 12.1 Å². The minimum Gasteiger partial charge on any atom is -0.496 e. The summed E-state index contributed by atoms with van der Waals surface area (Å²) in [5, 5.41) is 0. The van der Waals surface area contributed by atoms with Crippen LogP contribution in [0, 0.1) is 0 Å². The molecule has 0 spiro atoms. The molecule has 1 heterocycles. The number of aryl methyl sites for hydroxylation is 1. The van der Waals surface area contributed by atoms with E-state index in [2.05, 4.69) is 15.9 Å². The zero-order chi connectivity index (χ0) is 23.8. The first kappa shape index (κ1) is 25.1. The number of morpholine rings is 1. The van der Waals surface area contributed by atoms with Gasteiger partial charge in [0, 0.05) is 13.0 Å². The van der Waals surface area contributed by atoms with Gasteiger partial charge < -0.3 is 28.6 Å². The second kappa shape index (κ2) is 12.0. The molecule has 8 heteroatoms. The van der Waals surface area contributed by atoms with Crippen LogP contribution in [0.25, 0.3) is 0 Å². The molecule has 1 aliphatic rings. The summed E-state index contributed by atoms with van der Waals surface area (Å²) < 4.78 is 23.3. The molecule has 178 valence electrons. The lowest BCUT2D eigenvalue weighted by Gasteiger charge is -2.33. The number of ether oxygens (including phenoxy) is 4. The summed E-state index contributed by atoms with van der Waals surface area (Å²) in [5.41, 5.74) is 1.94. The van der Waals surface area contributed by atoms with Gasteiger partial charge in [-0.15, -0.1) is 0 Å². The van der Waals surface area contributed by atoms with Crippen LogP contribution >= 0.6 is 15.9 Å². The van der Waals surface area contributed by atoms with Gasteiger partial charge >= 0.3 is 0 Å². The van der Waals surface area contributed by atoms with Crippen LogP contribution < -0.4 is 14.2 Å². The first-order chi connectivity index (χ1) is 15.9. The molecule has 1 atom stereocenters. The average Bonchev–Trinajstić information content (AvgIpc) is 2.82. The molecule has 0 aliphatic carbocycles. The predicted octanol–water partition coefficient (Wildman–Crippen LogP) is 3.84. The minimum atomic E-state index is -0.229. The molecule has 0 aromatic heterocycles. The van der Waals surface area contributed by atoms with Crippen LogP contribution in [-0.2, 0) is 27.2 Å². The van der Waals surface area contributed by atoms with Gasteiger partial charge in [-0.05, 0) is 64.7 Å². The summed E-state index contributed by atoms with van der Waals surface area (Å²) in [6.07, 6.45) is 1.24. The molecule has 0 bridgehead atoms. The standard InChI is InChI=1S/C25H30BrNO6/c1-17(28)4-5-18-6-9-23(24(13-18)31-3)33-16-20-15-27(10-11-32-20)25(29)14-19-7-8-22(30-2)21(26)12-19/h6-9,12-13,20H,4-5,10-11,14-16H2,1-3H3. The van der Waals surface area contributed by atoms with E-state index in [1.54, 1.807) is 21.1 Å². The molecule has 2 aromatic rings. The summed E-state index contributed by atoms with van der Waals surface area (Å²) in [7, 11) is 3.20. The first-order valence-corrected chi connectivity index (χ1v) is 11.7. The summed E-state index contributed by atoms with van der Waals surface area (Å²) in [5.74, 6) is 2.16. The van der Waals surface area contributed by atoms with Gasteiger partial charge in [-0.25, -0.2) is 0 Å². The first-order valence-electron chi connectivity index (χ1n) is 10.9. The molecule has 1 amide bonds. The number of Topliss-reactive ketones (excluding diaryl/α,β-unsaturated/α-hetero) is 1. The average molecular weight is 520 g/mol. The van der Waals surface area contributed by atoms with Crippen molar-refractivity contribution in [3.63, 3.8) is 0 Å². The van der Waals surface area contributed by atoms with Crippen LogP contribution in [0.4, 0.5) is 0 Å². The Hall–Kier alpha value is -2.58. The second-order valence-corrected chi connectivity index (χ2v) is 8.83.